The summed E-state index contributed by atoms with van der Waals surface area (Å²) in [6.07, 6.45) is 5.16. The third-order valence-corrected chi connectivity index (χ3v) is 3.62. The lowest BCUT2D eigenvalue weighted by atomic mass is 9.94. The highest BCUT2D eigenvalue weighted by Gasteiger charge is 2.44. The van der Waals surface area contributed by atoms with Crippen LogP contribution in [-0.4, -0.2) is 44.2 Å². The van der Waals surface area contributed by atoms with Gasteiger partial charge in [-0.1, -0.05) is 6.42 Å². The van der Waals surface area contributed by atoms with Crippen LogP contribution in [0.5, 0.6) is 0 Å². The van der Waals surface area contributed by atoms with Crippen molar-refractivity contribution < 1.29 is 22.2 Å². The summed E-state index contributed by atoms with van der Waals surface area (Å²) >= 11 is 4.52. The van der Waals surface area contributed by atoms with E-state index in [0.29, 0.717) is 0 Å². The number of thiocarbonyl (C=S) groups is 1. The van der Waals surface area contributed by atoms with Gasteiger partial charge in [0.25, 0.3) is 0 Å². The fourth-order valence-corrected chi connectivity index (χ4v) is 2.64. The van der Waals surface area contributed by atoms with Gasteiger partial charge >= 0.3 is 10.1 Å². The Labute approximate surface area is 123 Å². The number of isothiocyanates is 1. The number of aliphatic imine (C=N–C) groups is 1. The van der Waals surface area contributed by atoms with Crippen molar-refractivity contribution in [2.45, 2.75) is 44.0 Å². The number of hydrogen-bond donors (Lipinski definition) is 0. The minimum atomic E-state index is -3.71. The number of rotatable bonds is 3. The van der Waals surface area contributed by atoms with E-state index < -0.39 is 22.0 Å². The van der Waals surface area contributed by atoms with Crippen molar-refractivity contribution in [1.82, 2.24) is 0 Å². The van der Waals surface area contributed by atoms with Gasteiger partial charge in [0, 0.05) is 12.8 Å². The molecular weight excluding hydrogens is 304 g/mol. The van der Waals surface area contributed by atoms with Crippen LogP contribution in [0, 0.1) is 0 Å². The first-order valence-electron chi connectivity index (χ1n) is 6.30. The highest BCUT2D eigenvalue weighted by Crippen LogP contribution is 2.38. The smallest absolute Gasteiger partial charge is 0.325 e. The largest absolute Gasteiger partial charge is 0.347 e. The Morgan fingerprint density at radius 1 is 1.40 bits per heavy atom. The van der Waals surface area contributed by atoms with Crippen LogP contribution in [0.4, 0.5) is 0 Å². The number of oxime groups is 1. The molecule has 1 saturated carbocycles. The maximum absolute atomic E-state index is 11.0. The first-order chi connectivity index (χ1) is 9.44. The van der Waals surface area contributed by atoms with E-state index in [9.17, 15) is 8.42 Å². The molecule has 0 aromatic rings. The molecule has 1 aliphatic carbocycles. The average molecular weight is 320 g/mol. The predicted molar refractivity (Wildman–Crippen MR) is 75.0 cm³/mol. The van der Waals surface area contributed by atoms with E-state index in [4.69, 9.17) is 9.47 Å². The van der Waals surface area contributed by atoms with Gasteiger partial charge in [0.2, 0.25) is 5.84 Å². The molecule has 0 bridgehead atoms. The zero-order valence-corrected chi connectivity index (χ0v) is 12.7. The van der Waals surface area contributed by atoms with Crippen molar-refractivity contribution in [1.29, 1.82) is 0 Å². The normalized spacial score (nSPS) is 26.2. The fourth-order valence-electron chi connectivity index (χ4n) is 2.34. The van der Waals surface area contributed by atoms with Gasteiger partial charge in [-0.15, -0.1) is 0 Å². The Bertz CT molecular complexity index is 533. The summed E-state index contributed by atoms with van der Waals surface area (Å²) in [4.78, 5) is 3.71. The molecule has 2 aliphatic rings. The van der Waals surface area contributed by atoms with Crippen LogP contribution < -0.4 is 0 Å². The van der Waals surface area contributed by atoms with Gasteiger partial charge in [0.1, 0.15) is 6.10 Å². The van der Waals surface area contributed by atoms with Crippen molar-refractivity contribution in [2.24, 2.45) is 10.1 Å². The molecular formula is C11H16N2O5S2. The highest BCUT2D eigenvalue weighted by atomic mass is 32.2. The highest BCUT2D eigenvalue weighted by molar-refractivity contribution is 7.85. The molecule has 1 unspecified atom stereocenters. The second kappa shape index (κ2) is 6.28. The first kappa shape index (κ1) is 15.5. The Morgan fingerprint density at radius 2 is 2.10 bits per heavy atom. The number of amidine groups is 1. The molecule has 0 N–H and O–H groups in total. The SMILES string of the molecule is CS(=O)(=O)O/N=C(/N=C=S)C1COC2(CCCCC2)O1. The summed E-state index contributed by atoms with van der Waals surface area (Å²) in [6.45, 7) is 0.243. The Kier molecular flexibility index (Phi) is 4.87. The standard InChI is InChI=1S/C11H16N2O5S2/c1-20(14,15)18-13-10(12-8-19)9-7-16-11(17-9)5-3-2-4-6-11/h9H,2-7H2,1H3/b13-10+. The molecule has 0 radical (unpaired) electrons. The molecule has 1 atom stereocenters. The molecule has 0 aromatic carbocycles. The quantitative estimate of drug-likeness (QED) is 0.339. The van der Waals surface area contributed by atoms with E-state index in [2.05, 4.69) is 31.8 Å². The van der Waals surface area contributed by atoms with Gasteiger partial charge in [0.05, 0.1) is 18.0 Å². The van der Waals surface area contributed by atoms with Gasteiger partial charge in [-0.3, -0.25) is 4.28 Å². The lowest BCUT2D eigenvalue weighted by Gasteiger charge is -2.31. The Hall–Kier alpha value is -0.860. The zero-order chi connectivity index (χ0) is 14.6. The van der Waals surface area contributed by atoms with Crippen LogP contribution in [0.25, 0.3) is 0 Å². The minimum absolute atomic E-state index is 0.0212. The van der Waals surface area contributed by atoms with Crippen molar-refractivity contribution in [2.75, 3.05) is 12.9 Å². The molecule has 0 aromatic heterocycles. The average Bonchev–Trinajstić information content (AvgIpc) is 2.78. The van der Waals surface area contributed by atoms with Crippen molar-refractivity contribution in [3.8, 4) is 0 Å². The monoisotopic (exact) mass is 320 g/mol. The molecule has 20 heavy (non-hydrogen) atoms. The lowest BCUT2D eigenvalue weighted by molar-refractivity contribution is -0.181. The van der Waals surface area contributed by atoms with E-state index in [-0.39, 0.29) is 12.4 Å². The molecule has 0 amide bonds. The molecule has 112 valence electrons. The number of ether oxygens (including phenoxy) is 2. The van der Waals surface area contributed by atoms with Gasteiger partial charge in [-0.25, -0.2) is 0 Å². The fraction of sp³-hybridized carbons (Fsp3) is 0.818. The van der Waals surface area contributed by atoms with E-state index >= 15 is 0 Å². The second-order valence-electron chi connectivity index (χ2n) is 4.82. The van der Waals surface area contributed by atoms with Gasteiger partial charge in [-0.2, -0.15) is 13.4 Å². The first-order valence-corrected chi connectivity index (χ1v) is 8.53. The zero-order valence-electron chi connectivity index (χ0n) is 11.1. The molecule has 2 fully saturated rings. The maximum Gasteiger partial charge on any atom is 0.325 e. The maximum atomic E-state index is 11.0. The molecule has 1 heterocycles. The minimum Gasteiger partial charge on any atom is -0.347 e. The summed E-state index contributed by atoms with van der Waals surface area (Å²) < 4.78 is 37.9. The molecule has 7 nitrogen and oxygen atoms in total. The van der Waals surface area contributed by atoms with Crippen molar-refractivity contribution in [3.05, 3.63) is 0 Å². The Balaban J connectivity index is 2.09. The number of hydrogen-bond acceptors (Lipinski definition) is 7. The van der Waals surface area contributed by atoms with E-state index in [1.165, 1.54) is 0 Å². The van der Waals surface area contributed by atoms with Crippen LogP contribution in [0.3, 0.4) is 0 Å². The van der Waals surface area contributed by atoms with Crippen molar-refractivity contribution in [3.63, 3.8) is 0 Å². The van der Waals surface area contributed by atoms with E-state index in [1.54, 1.807) is 0 Å². The second-order valence-corrected chi connectivity index (χ2v) is 6.56. The summed E-state index contributed by atoms with van der Waals surface area (Å²) in [6, 6.07) is 0. The van der Waals surface area contributed by atoms with E-state index in [1.807, 2.05) is 0 Å². The molecule has 1 aliphatic heterocycles. The van der Waals surface area contributed by atoms with Gasteiger partial charge < -0.3 is 9.47 Å². The van der Waals surface area contributed by atoms with Crippen molar-refractivity contribution >= 4 is 33.3 Å². The van der Waals surface area contributed by atoms with Crippen LogP contribution in [0.1, 0.15) is 32.1 Å². The van der Waals surface area contributed by atoms with Gasteiger partial charge in [0.15, 0.2) is 5.79 Å². The van der Waals surface area contributed by atoms with Crippen LogP contribution in [0.15, 0.2) is 10.1 Å². The lowest BCUT2D eigenvalue weighted by Crippen LogP contribution is -2.34. The molecule has 9 heteroatoms. The van der Waals surface area contributed by atoms with Crippen LogP contribution in [0.2, 0.25) is 0 Å². The summed E-state index contributed by atoms with van der Waals surface area (Å²) in [5, 5.41) is 5.61. The molecule has 2 rings (SSSR count). The topological polar surface area (TPSA) is 86.6 Å². The van der Waals surface area contributed by atoms with Gasteiger partial charge in [-0.05, 0) is 30.2 Å². The molecule has 1 spiro atoms. The summed E-state index contributed by atoms with van der Waals surface area (Å²) in [7, 11) is -3.71. The predicted octanol–water partition coefficient (Wildman–Crippen LogP) is 1.45. The Morgan fingerprint density at radius 3 is 2.70 bits per heavy atom. The summed E-state index contributed by atoms with van der Waals surface area (Å²) in [5.41, 5.74) is 0. The third-order valence-electron chi connectivity index (χ3n) is 3.18. The number of nitrogens with zero attached hydrogens (tertiary/aromatic N) is 2. The van der Waals surface area contributed by atoms with E-state index in [0.717, 1.165) is 38.4 Å². The third kappa shape index (κ3) is 4.07. The van der Waals surface area contributed by atoms with Crippen LogP contribution >= 0.6 is 12.2 Å². The summed E-state index contributed by atoms with van der Waals surface area (Å²) in [5.74, 6) is -0.584. The molecule has 1 saturated heterocycles. The van der Waals surface area contributed by atoms with Crippen LogP contribution in [-0.2, 0) is 23.9 Å².